The summed E-state index contributed by atoms with van der Waals surface area (Å²) in [5, 5.41) is 56.5. The Balaban J connectivity index is 1.58. The number of ether oxygens (including phenoxy) is 5. The average molecular weight is 1390 g/mol. The Morgan fingerprint density at radius 1 is 0.194 bits per heavy atom. The van der Waals surface area contributed by atoms with Crippen LogP contribution in [0.25, 0.3) is 58.2 Å². The number of nitriles is 5. The third kappa shape index (κ3) is 32.6. The Morgan fingerprint density at radius 3 is 0.485 bits per heavy atom. The van der Waals surface area contributed by atoms with Gasteiger partial charge < -0.3 is 23.7 Å². The van der Waals surface area contributed by atoms with Crippen molar-refractivity contribution in [1.29, 1.82) is 26.3 Å². The molecule has 548 valence electrons. The highest BCUT2D eigenvalue weighted by Gasteiger charge is 2.17. The number of allylic oxidation sites excluding steroid dienone is 5. The molecule has 0 aliphatic heterocycles. The van der Waals surface area contributed by atoms with E-state index < -0.39 is 0 Å². The van der Waals surface area contributed by atoms with Crippen molar-refractivity contribution in [2.45, 2.75) is 279 Å². The second kappa shape index (κ2) is 51.4. The molecule has 0 spiro atoms. The minimum atomic E-state index is 0.345. The van der Waals surface area contributed by atoms with Gasteiger partial charge in [-0.3, -0.25) is 0 Å². The molecule has 1 aliphatic rings. The van der Waals surface area contributed by atoms with Gasteiger partial charge in [-0.25, -0.2) is 0 Å². The first kappa shape index (κ1) is 83.2. The molecule has 0 radical (unpaired) electrons. The van der Waals surface area contributed by atoms with Gasteiger partial charge in [-0.05, 0) is 209 Å². The van der Waals surface area contributed by atoms with Crippen molar-refractivity contribution < 1.29 is 23.7 Å². The number of benzene rings is 5. The van der Waals surface area contributed by atoms with Gasteiger partial charge in [0.15, 0.2) is 0 Å². The molecule has 0 aromatic heterocycles. The van der Waals surface area contributed by atoms with Crippen LogP contribution in [0.3, 0.4) is 0 Å². The lowest BCUT2D eigenvalue weighted by Crippen LogP contribution is -2.00. The molecule has 103 heavy (non-hydrogen) atoms. The van der Waals surface area contributed by atoms with Gasteiger partial charge in [-0.15, -0.1) is 0 Å². The summed E-state index contributed by atoms with van der Waals surface area (Å²) < 4.78 is 33.0. The zero-order chi connectivity index (χ0) is 73.2. The van der Waals surface area contributed by atoms with E-state index in [1.54, 1.807) is 0 Å². The van der Waals surface area contributed by atoms with Gasteiger partial charge in [0.25, 0.3) is 0 Å². The first-order chi connectivity index (χ1) is 50.7. The van der Waals surface area contributed by atoms with Crippen LogP contribution in [-0.4, -0.2) is 33.0 Å². The van der Waals surface area contributed by atoms with Crippen LogP contribution in [0.2, 0.25) is 0 Å². The van der Waals surface area contributed by atoms with Crippen LogP contribution in [0, 0.1) is 56.7 Å². The Hall–Kier alpha value is -8.75. The molecule has 0 saturated carbocycles. The fourth-order valence-electron chi connectivity index (χ4n) is 13.2. The third-order valence-electron chi connectivity index (χ3n) is 19.2. The molecule has 5 aromatic carbocycles. The number of fused-ring (bicyclic) bond motifs is 10. The Labute approximate surface area is 622 Å². The van der Waals surface area contributed by atoms with Gasteiger partial charge in [0.1, 0.15) is 28.7 Å². The third-order valence-corrected chi connectivity index (χ3v) is 19.2. The van der Waals surface area contributed by atoms with Gasteiger partial charge in [0, 0.05) is 0 Å². The maximum Gasteiger partial charge on any atom is 0.120 e. The van der Waals surface area contributed by atoms with Crippen LogP contribution >= 0.6 is 0 Å². The molecule has 0 unspecified atom stereocenters. The van der Waals surface area contributed by atoms with E-state index in [2.05, 4.69) is 65.0 Å². The molecule has 0 amide bonds. The molecule has 10 heteroatoms. The van der Waals surface area contributed by atoms with E-state index in [0.717, 1.165) is 96.3 Å². The van der Waals surface area contributed by atoms with Crippen LogP contribution in [0.5, 0.6) is 28.7 Å². The first-order valence-electron chi connectivity index (χ1n) is 40.2. The zero-order valence-corrected chi connectivity index (χ0v) is 63.7. The van der Waals surface area contributed by atoms with Crippen LogP contribution in [0.4, 0.5) is 0 Å². The summed E-state index contributed by atoms with van der Waals surface area (Å²) in [5.41, 5.74) is 7.95. The molecule has 0 fully saturated rings. The number of rotatable bonds is 48. The van der Waals surface area contributed by atoms with Gasteiger partial charge >= 0.3 is 0 Å². The van der Waals surface area contributed by atoms with Gasteiger partial charge in [-0.2, -0.15) is 26.3 Å². The number of unbranched alkanes of at least 4 members (excludes halogenated alkanes) is 33. The SMILES string of the molecule is CCCCCCCCCCOc1cc2cc(c1)/C(C#N)=C/c1cc(OCCCCCCCCCC)cc(c1)/C(C#N)=C/c1cc(OCCCCCCCCCC)cc(c1)/C(C#N)=C/c1cc(OCCCCCCCCCC)cc(c1)/C(C#N)=C/c1cc(OCCCCCCCC)cc(c1)/C(C#N)=C/2. The van der Waals surface area contributed by atoms with Crippen molar-refractivity contribution in [3.05, 3.63) is 147 Å². The molecule has 0 saturated heterocycles. The summed E-state index contributed by atoms with van der Waals surface area (Å²) in [6.45, 7) is 13.6. The lowest BCUT2D eigenvalue weighted by molar-refractivity contribution is 0.304. The number of hydrogen-bond donors (Lipinski definition) is 0. The smallest absolute Gasteiger partial charge is 0.120 e. The molecule has 5 aromatic rings. The lowest BCUT2D eigenvalue weighted by Gasteiger charge is -2.13. The normalized spacial score (nSPS) is 14.6. The number of nitrogens with zero attached hydrogens (tertiary/aromatic N) is 5. The quantitative estimate of drug-likeness (QED) is 0.0342. The van der Waals surface area contributed by atoms with Crippen LogP contribution < -0.4 is 23.7 Å². The maximum absolute atomic E-state index is 11.3. The van der Waals surface area contributed by atoms with Crippen molar-refractivity contribution in [2.24, 2.45) is 0 Å². The molecule has 6 rings (SSSR count). The van der Waals surface area contributed by atoms with E-state index >= 15 is 0 Å². The highest BCUT2D eigenvalue weighted by atomic mass is 16.5. The fraction of sp³-hybridized carbons (Fsp3) is 0.516. The van der Waals surface area contributed by atoms with Crippen molar-refractivity contribution in [3.8, 4) is 59.1 Å². The molecule has 0 N–H and O–H groups in total. The van der Waals surface area contributed by atoms with E-state index in [4.69, 9.17) is 23.7 Å². The van der Waals surface area contributed by atoms with E-state index in [0.29, 0.717) is 145 Å². The summed E-state index contributed by atoms with van der Waals surface area (Å²) in [6.07, 6.45) is 52.6. The molecular formula is C93H121N5O5. The van der Waals surface area contributed by atoms with Crippen molar-refractivity contribution in [3.63, 3.8) is 0 Å². The monoisotopic (exact) mass is 1390 g/mol. The molecule has 0 heterocycles. The Kier molecular flexibility index (Phi) is 41.5. The van der Waals surface area contributed by atoms with Crippen molar-refractivity contribution in [2.75, 3.05) is 33.0 Å². The van der Waals surface area contributed by atoms with E-state index in [1.165, 1.54) is 148 Å². The highest BCUT2D eigenvalue weighted by Crippen LogP contribution is 2.36. The Morgan fingerprint density at radius 2 is 0.340 bits per heavy atom. The minimum absolute atomic E-state index is 0.345. The average Bonchev–Trinajstić information content (AvgIpc) is 0.854. The Bertz CT molecular complexity index is 3640. The van der Waals surface area contributed by atoms with Crippen molar-refractivity contribution in [1.82, 2.24) is 0 Å². The molecular weight excluding hydrogens is 1270 g/mol. The maximum atomic E-state index is 11.3. The second-order valence-electron chi connectivity index (χ2n) is 28.2. The number of hydrogen-bond acceptors (Lipinski definition) is 10. The summed E-state index contributed by atoms with van der Waals surface area (Å²) >= 11 is 0. The highest BCUT2D eigenvalue weighted by molar-refractivity contribution is 5.98. The standard InChI is InChI=1S/C93H121N5O5/c1-6-11-16-21-26-30-35-40-45-100-90-60-75-50-81(66-90)86(71-96)57-77-52-83(68-92(62-77)102-47-42-37-32-28-23-18-13-8-3)88(73-98)58-78-53-82(67-93(63-78)103-48-43-38-33-29-24-19-14-9-4)87(72-97)56-76-51-80(65-91(61-76)101-46-41-36-31-27-22-17-12-7-2)85(70-95)54-74-49-79(84(55-75)69-94)64-89(59-74)99-44-39-34-25-20-15-10-5/h49-68H,6-48H2,1-5H3/b84-55+,85-54+,86-57+,87-56+,88-58+. The summed E-state index contributed by atoms with van der Waals surface area (Å²) in [5.74, 6) is 2.84. The van der Waals surface area contributed by atoms with Gasteiger partial charge in [0.05, 0.1) is 91.2 Å². The zero-order valence-electron chi connectivity index (χ0n) is 63.7. The first-order valence-corrected chi connectivity index (χ1v) is 40.2. The van der Waals surface area contributed by atoms with Crippen LogP contribution in [0.1, 0.15) is 334 Å². The predicted molar refractivity (Wildman–Crippen MR) is 431 cm³/mol. The van der Waals surface area contributed by atoms with Crippen LogP contribution in [-0.2, 0) is 0 Å². The van der Waals surface area contributed by atoms with E-state index in [9.17, 15) is 26.3 Å². The summed E-state index contributed by atoms with van der Waals surface area (Å²) in [6, 6.07) is 41.3. The van der Waals surface area contributed by atoms with Crippen molar-refractivity contribution >= 4 is 58.2 Å². The van der Waals surface area contributed by atoms with E-state index in [-0.39, 0.29) is 0 Å². The van der Waals surface area contributed by atoms with E-state index in [1.807, 2.05) is 121 Å². The minimum Gasteiger partial charge on any atom is -0.494 e. The van der Waals surface area contributed by atoms with Gasteiger partial charge in [-0.1, -0.05) is 247 Å². The lowest BCUT2D eigenvalue weighted by atomic mass is 9.96. The molecule has 1 aliphatic carbocycles. The summed E-state index contributed by atoms with van der Waals surface area (Å²) in [7, 11) is 0. The fourth-order valence-corrected chi connectivity index (χ4v) is 13.2. The van der Waals surface area contributed by atoms with Crippen LogP contribution in [0.15, 0.2) is 91.0 Å². The largest absolute Gasteiger partial charge is 0.494 e. The predicted octanol–water partition coefficient (Wildman–Crippen LogP) is 27.1. The molecule has 10 bridgehead atoms. The topological polar surface area (TPSA) is 165 Å². The second-order valence-corrected chi connectivity index (χ2v) is 28.2. The summed E-state index contributed by atoms with van der Waals surface area (Å²) in [4.78, 5) is 0. The van der Waals surface area contributed by atoms with Gasteiger partial charge in [0.2, 0.25) is 0 Å². The molecule has 0 atom stereocenters. The molecule has 10 nitrogen and oxygen atoms in total.